The van der Waals surface area contributed by atoms with Crippen molar-refractivity contribution < 1.29 is 0 Å². The van der Waals surface area contributed by atoms with E-state index in [-0.39, 0.29) is 5.56 Å². The normalized spacial score (nSPS) is 10.9. The van der Waals surface area contributed by atoms with Crippen LogP contribution < -0.4 is 5.56 Å². The van der Waals surface area contributed by atoms with Crippen LogP contribution in [0.1, 0.15) is 11.1 Å². The van der Waals surface area contributed by atoms with Gasteiger partial charge in [-0.3, -0.25) is 9.48 Å². The van der Waals surface area contributed by atoms with Gasteiger partial charge < -0.3 is 0 Å². The Hall–Kier alpha value is -1.59. The Morgan fingerprint density at radius 3 is 2.05 bits per heavy atom. The second-order valence-corrected chi connectivity index (χ2v) is 6.96. The third-order valence-corrected chi connectivity index (χ3v) is 4.52. The molecule has 1 heterocycles. The van der Waals surface area contributed by atoms with Gasteiger partial charge in [0, 0.05) is 20.7 Å². The van der Waals surface area contributed by atoms with Gasteiger partial charge in [-0.25, -0.2) is 4.68 Å². The van der Waals surface area contributed by atoms with E-state index in [1.54, 1.807) is 4.68 Å². The largest absolute Gasteiger partial charge is 0.280 e. The van der Waals surface area contributed by atoms with Crippen molar-refractivity contribution in [2.24, 2.45) is 0 Å². The quantitative estimate of drug-likeness (QED) is 0.610. The second kappa shape index (κ2) is 6.26. The Labute approximate surface area is 145 Å². The second-order valence-electron chi connectivity index (χ2n) is 5.13. The molecule has 0 unspecified atom stereocenters. The van der Waals surface area contributed by atoms with Crippen molar-refractivity contribution in [1.82, 2.24) is 9.36 Å². The number of hydrogen-bond donors (Lipinski definition) is 0. The average Bonchev–Trinajstić information content (AvgIpc) is 2.77. The molecule has 0 N–H and O–H groups in total. The van der Waals surface area contributed by atoms with E-state index in [1.807, 2.05) is 54.2 Å². The zero-order chi connectivity index (χ0) is 15.7. The van der Waals surface area contributed by atoms with E-state index < -0.39 is 0 Å². The summed E-state index contributed by atoms with van der Waals surface area (Å²) in [4.78, 5) is 12.4. The highest BCUT2D eigenvalue weighted by atomic mass is 79.9. The zero-order valence-electron chi connectivity index (χ0n) is 12.0. The Bertz CT molecular complexity index is 846. The molecule has 0 aliphatic carbocycles. The van der Waals surface area contributed by atoms with Crippen LogP contribution in [0.15, 0.2) is 68.5 Å². The van der Waals surface area contributed by atoms with Crippen LogP contribution in [0.2, 0.25) is 0 Å². The number of halogens is 2. The first-order valence-corrected chi connectivity index (χ1v) is 8.42. The maximum atomic E-state index is 12.4. The number of rotatable bonds is 3. The summed E-state index contributed by atoms with van der Waals surface area (Å²) in [6.07, 6.45) is 1.90. The molecule has 2 aromatic carbocycles. The van der Waals surface area contributed by atoms with E-state index in [4.69, 9.17) is 0 Å². The number of hydrogen-bond acceptors (Lipinski definition) is 1. The summed E-state index contributed by atoms with van der Waals surface area (Å²) >= 11 is 6.86. The summed E-state index contributed by atoms with van der Waals surface area (Å²) in [5, 5.41) is 0. The molecule has 3 nitrogen and oxygen atoms in total. The first-order valence-electron chi connectivity index (χ1n) is 6.84. The molecule has 0 saturated heterocycles. The summed E-state index contributed by atoms with van der Waals surface area (Å²) in [5.74, 6) is 0. The predicted octanol–water partition coefficient (Wildman–Crippen LogP) is 4.52. The van der Waals surface area contributed by atoms with Crippen LogP contribution in [-0.4, -0.2) is 9.36 Å². The van der Waals surface area contributed by atoms with Crippen molar-refractivity contribution in [3.8, 4) is 5.69 Å². The lowest BCUT2D eigenvalue weighted by molar-refractivity contribution is 0.593. The van der Waals surface area contributed by atoms with E-state index in [9.17, 15) is 4.79 Å². The predicted molar refractivity (Wildman–Crippen MR) is 95.7 cm³/mol. The Morgan fingerprint density at radius 1 is 0.909 bits per heavy atom. The van der Waals surface area contributed by atoms with Crippen LogP contribution in [0.5, 0.6) is 0 Å². The Morgan fingerprint density at radius 2 is 1.45 bits per heavy atom. The van der Waals surface area contributed by atoms with Crippen LogP contribution in [0, 0.1) is 6.92 Å². The smallest absolute Gasteiger partial charge is 0.274 e. The lowest BCUT2D eigenvalue weighted by Gasteiger charge is -2.12. The highest BCUT2D eigenvalue weighted by molar-refractivity contribution is 9.10. The van der Waals surface area contributed by atoms with E-state index in [1.165, 1.54) is 0 Å². The van der Waals surface area contributed by atoms with E-state index in [0.29, 0.717) is 6.54 Å². The number of aromatic nitrogens is 2. The topological polar surface area (TPSA) is 26.9 Å². The van der Waals surface area contributed by atoms with Crippen LogP contribution in [0.25, 0.3) is 5.69 Å². The molecule has 3 rings (SSSR count). The van der Waals surface area contributed by atoms with Gasteiger partial charge in [0.25, 0.3) is 5.56 Å². The fraction of sp³-hybridized carbons (Fsp3) is 0.118. The Balaban J connectivity index is 2.05. The molecule has 0 amide bonds. The summed E-state index contributed by atoms with van der Waals surface area (Å²) < 4.78 is 5.70. The molecule has 5 heteroatoms. The van der Waals surface area contributed by atoms with Crippen LogP contribution in [0.4, 0.5) is 0 Å². The van der Waals surface area contributed by atoms with Gasteiger partial charge >= 0.3 is 0 Å². The monoisotopic (exact) mass is 420 g/mol. The van der Waals surface area contributed by atoms with E-state index in [0.717, 1.165) is 25.8 Å². The molecule has 0 bridgehead atoms. The molecular formula is C17H14Br2N2O. The molecule has 0 atom stereocenters. The lowest BCUT2D eigenvalue weighted by atomic mass is 10.2. The number of aryl methyl sites for hydroxylation is 1. The van der Waals surface area contributed by atoms with Crippen molar-refractivity contribution in [2.75, 3.05) is 0 Å². The molecule has 0 saturated carbocycles. The maximum Gasteiger partial charge on any atom is 0.274 e. The van der Waals surface area contributed by atoms with Gasteiger partial charge in [0.2, 0.25) is 0 Å². The molecule has 3 aromatic rings. The highest BCUT2D eigenvalue weighted by Gasteiger charge is 2.10. The van der Waals surface area contributed by atoms with Gasteiger partial charge in [0.15, 0.2) is 0 Å². The summed E-state index contributed by atoms with van der Waals surface area (Å²) in [5.41, 5.74) is 2.75. The van der Waals surface area contributed by atoms with Gasteiger partial charge in [-0.05, 0) is 48.9 Å². The van der Waals surface area contributed by atoms with Gasteiger partial charge in [-0.2, -0.15) is 0 Å². The molecule has 0 radical (unpaired) electrons. The molecular weight excluding hydrogens is 408 g/mol. The minimum atomic E-state index is 0.0134. The average molecular weight is 422 g/mol. The maximum absolute atomic E-state index is 12.4. The van der Waals surface area contributed by atoms with Crippen LogP contribution >= 0.6 is 31.9 Å². The summed E-state index contributed by atoms with van der Waals surface area (Å²) in [6.45, 7) is 2.49. The van der Waals surface area contributed by atoms with Crippen molar-refractivity contribution in [1.29, 1.82) is 0 Å². The van der Waals surface area contributed by atoms with Crippen molar-refractivity contribution >= 4 is 31.9 Å². The standard InChI is InChI=1S/C17H14Br2N2O/c1-12-10-20(11-13-2-4-14(18)5-3-13)21(17(12)22)16-8-6-15(19)7-9-16/h2-10H,11H2,1H3. The lowest BCUT2D eigenvalue weighted by Crippen LogP contribution is -2.22. The SMILES string of the molecule is Cc1cn(Cc2ccc(Br)cc2)n(-c2ccc(Br)cc2)c1=O. The van der Waals surface area contributed by atoms with Crippen LogP contribution in [0.3, 0.4) is 0 Å². The molecule has 22 heavy (non-hydrogen) atoms. The third kappa shape index (κ3) is 3.10. The van der Waals surface area contributed by atoms with Gasteiger partial charge in [-0.1, -0.05) is 44.0 Å². The number of benzene rings is 2. The first kappa shape index (κ1) is 15.3. The Kier molecular flexibility index (Phi) is 4.36. The molecule has 0 aliphatic heterocycles. The minimum absolute atomic E-state index is 0.0134. The van der Waals surface area contributed by atoms with E-state index in [2.05, 4.69) is 44.0 Å². The highest BCUT2D eigenvalue weighted by Crippen LogP contribution is 2.15. The minimum Gasteiger partial charge on any atom is -0.280 e. The number of nitrogens with zero attached hydrogens (tertiary/aromatic N) is 2. The summed E-state index contributed by atoms with van der Waals surface area (Å²) in [6, 6.07) is 15.9. The van der Waals surface area contributed by atoms with Gasteiger partial charge in [0.1, 0.15) is 0 Å². The van der Waals surface area contributed by atoms with Crippen molar-refractivity contribution in [3.05, 3.63) is 85.2 Å². The zero-order valence-corrected chi connectivity index (χ0v) is 15.1. The molecule has 0 aliphatic rings. The summed E-state index contributed by atoms with van der Waals surface area (Å²) in [7, 11) is 0. The fourth-order valence-electron chi connectivity index (χ4n) is 2.36. The first-order chi connectivity index (χ1) is 10.5. The molecule has 0 spiro atoms. The van der Waals surface area contributed by atoms with E-state index >= 15 is 0 Å². The molecule has 112 valence electrons. The van der Waals surface area contributed by atoms with Gasteiger partial charge in [-0.15, -0.1) is 0 Å². The fourth-order valence-corrected chi connectivity index (χ4v) is 2.89. The van der Waals surface area contributed by atoms with Crippen LogP contribution in [-0.2, 0) is 6.54 Å². The van der Waals surface area contributed by atoms with Crippen molar-refractivity contribution in [3.63, 3.8) is 0 Å². The molecule has 1 aromatic heterocycles. The third-order valence-electron chi connectivity index (χ3n) is 3.46. The van der Waals surface area contributed by atoms with Crippen molar-refractivity contribution in [2.45, 2.75) is 13.5 Å². The molecule has 0 fully saturated rings. The van der Waals surface area contributed by atoms with Gasteiger partial charge in [0.05, 0.1) is 12.2 Å².